The molecule has 2 rings (SSSR count). The molecule has 0 bridgehead atoms. The Morgan fingerprint density at radius 2 is 1.79 bits per heavy atom. The minimum absolute atomic E-state index is 0.130. The summed E-state index contributed by atoms with van der Waals surface area (Å²) in [6, 6.07) is 8.37. The Hall–Kier alpha value is -2.23. The monoisotopic (exact) mass is 421 g/mol. The fourth-order valence-corrected chi connectivity index (χ4v) is 3.16. The molecule has 1 aliphatic heterocycles. The highest BCUT2D eigenvalue weighted by molar-refractivity contribution is 7.87. The van der Waals surface area contributed by atoms with Gasteiger partial charge in [0.05, 0.1) is 0 Å². The SMILES string of the molecule is CC(C)(C)OC(=O)N1CC=C(OS(=O)(=O)C(F)(F)F)CC1Cc1ccccc1. The third-order valence-corrected chi connectivity index (χ3v) is 4.84. The molecule has 0 saturated carbocycles. The van der Waals surface area contributed by atoms with Crippen molar-refractivity contribution >= 4 is 16.2 Å². The summed E-state index contributed by atoms with van der Waals surface area (Å²) in [5, 5.41) is 0. The van der Waals surface area contributed by atoms with E-state index < -0.39 is 33.4 Å². The molecule has 156 valence electrons. The van der Waals surface area contributed by atoms with Crippen LogP contribution in [0.15, 0.2) is 42.2 Å². The Labute approximate surface area is 162 Å². The maximum Gasteiger partial charge on any atom is 0.534 e. The van der Waals surface area contributed by atoms with Gasteiger partial charge in [0.25, 0.3) is 0 Å². The third kappa shape index (κ3) is 5.88. The molecule has 10 heteroatoms. The van der Waals surface area contributed by atoms with E-state index in [-0.39, 0.29) is 18.7 Å². The molecule has 1 aromatic carbocycles. The Morgan fingerprint density at radius 1 is 1.18 bits per heavy atom. The van der Waals surface area contributed by atoms with E-state index in [1.54, 1.807) is 51.1 Å². The number of carbonyl (C=O) groups is 1. The lowest BCUT2D eigenvalue weighted by molar-refractivity contribution is -0.0528. The molecule has 0 fully saturated rings. The van der Waals surface area contributed by atoms with Crippen molar-refractivity contribution in [3.8, 4) is 0 Å². The molecule has 1 unspecified atom stereocenters. The summed E-state index contributed by atoms with van der Waals surface area (Å²) in [5.41, 5.74) is -5.44. The summed E-state index contributed by atoms with van der Waals surface area (Å²) in [5.74, 6) is -0.349. The van der Waals surface area contributed by atoms with Gasteiger partial charge in [0, 0.05) is 19.0 Å². The predicted octanol–water partition coefficient (Wildman–Crippen LogP) is 3.99. The van der Waals surface area contributed by atoms with Gasteiger partial charge < -0.3 is 13.8 Å². The molecule has 1 heterocycles. The molecule has 6 nitrogen and oxygen atoms in total. The molecule has 0 aromatic heterocycles. The predicted molar refractivity (Wildman–Crippen MR) is 95.6 cm³/mol. The van der Waals surface area contributed by atoms with Crippen molar-refractivity contribution in [2.75, 3.05) is 6.54 Å². The lowest BCUT2D eigenvalue weighted by Crippen LogP contribution is -2.47. The molecular weight excluding hydrogens is 399 g/mol. The number of hydrogen-bond acceptors (Lipinski definition) is 5. The molecular formula is C18H22F3NO5S. The summed E-state index contributed by atoms with van der Waals surface area (Å²) in [6.45, 7) is 4.96. The van der Waals surface area contributed by atoms with E-state index in [0.717, 1.165) is 11.6 Å². The van der Waals surface area contributed by atoms with Crippen molar-refractivity contribution in [1.82, 2.24) is 4.90 Å². The van der Waals surface area contributed by atoms with Crippen LogP contribution < -0.4 is 0 Å². The van der Waals surface area contributed by atoms with Crippen molar-refractivity contribution < 1.29 is 35.3 Å². The normalized spacial score (nSPS) is 18.4. The second-order valence-corrected chi connectivity index (χ2v) is 8.87. The third-order valence-electron chi connectivity index (χ3n) is 3.84. The lowest BCUT2D eigenvalue weighted by Gasteiger charge is -2.36. The van der Waals surface area contributed by atoms with Crippen LogP contribution in [0.5, 0.6) is 0 Å². The van der Waals surface area contributed by atoms with Gasteiger partial charge in [0.2, 0.25) is 0 Å². The zero-order chi connectivity index (χ0) is 21.2. The molecule has 1 amide bonds. The van der Waals surface area contributed by atoms with Crippen molar-refractivity contribution in [2.45, 2.75) is 50.8 Å². The Kier molecular flexibility index (Phi) is 6.32. The number of amides is 1. The van der Waals surface area contributed by atoms with Crippen LogP contribution in [0.2, 0.25) is 0 Å². The minimum Gasteiger partial charge on any atom is -0.444 e. The number of hydrogen-bond donors (Lipinski definition) is 0. The number of alkyl halides is 3. The number of nitrogens with zero attached hydrogens (tertiary/aromatic N) is 1. The van der Waals surface area contributed by atoms with E-state index in [1.165, 1.54) is 4.90 Å². The van der Waals surface area contributed by atoms with Crippen LogP contribution >= 0.6 is 0 Å². The van der Waals surface area contributed by atoms with Crippen LogP contribution in [0.4, 0.5) is 18.0 Å². The molecule has 0 aliphatic carbocycles. The molecule has 1 aromatic rings. The standard InChI is InChI=1S/C18H22F3NO5S/c1-17(2,3)26-16(23)22-10-9-15(27-28(24,25)18(19,20)21)12-14(22)11-13-7-5-4-6-8-13/h4-9,14H,10-12H2,1-3H3. The lowest BCUT2D eigenvalue weighted by atomic mass is 9.98. The summed E-state index contributed by atoms with van der Waals surface area (Å²) < 4.78 is 70.0. The van der Waals surface area contributed by atoms with Gasteiger partial charge in [0.15, 0.2) is 0 Å². The second-order valence-electron chi connectivity index (χ2n) is 7.33. The van der Waals surface area contributed by atoms with Crippen molar-refractivity contribution in [1.29, 1.82) is 0 Å². The smallest absolute Gasteiger partial charge is 0.444 e. The zero-order valence-corrected chi connectivity index (χ0v) is 16.5. The van der Waals surface area contributed by atoms with Gasteiger partial charge in [-0.25, -0.2) is 4.79 Å². The van der Waals surface area contributed by atoms with Gasteiger partial charge in [-0.1, -0.05) is 30.3 Å². The van der Waals surface area contributed by atoms with Gasteiger partial charge in [-0.15, -0.1) is 0 Å². The molecule has 0 radical (unpaired) electrons. The van der Waals surface area contributed by atoms with Crippen molar-refractivity contribution in [2.24, 2.45) is 0 Å². The first kappa shape index (κ1) is 22.1. The molecule has 0 N–H and O–H groups in total. The number of carbonyl (C=O) groups excluding carboxylic acids is 1. The summed E-state index contributed by atoms with van der Waals surface area (Å²) in [4.78, 5) is 13.9. The topological polar surface area (TPSA) is 72.9 Å². The molecule has 0 saturated heterocycles. The average molecular weight is 421 g/mol. The second kappa shape index (κ2) is 8.02. The Balaban J connectivity index is 2.25. The molecule has 28 heavy (non-hydrogen) atoms. The summed E-state index contributed by atoms with van der Waals surface area (Å²) in [6.07, 6.45) is 0.618. The van der Waals surface area contributed by atoms with Crippen LogP contribution in [0.3, 0.4) is 0 Å². The molecule has 0 spiro atoms. The van der Waals surface area contributed by atoms with Crippen LogP contribution in [0, 0.1) is 0 Å². The van der Waals surface area contributed by atoms with E-state index in [1.807, 2.05) is 0 Å². The van der Waals surface area contributed by atoms with Crippen LogP contribution in [0.25, 0.3) is 0 Å². The maximum atomic E-state index is 12.6. The first-order chi connectivity index (χ1) is 12.8. The van der Waals surface area contributed by atoms with E-state index in [4.69, 9.17) is 4.74 Å². The molecule has 1 aliphatic rings. The molecule has 1 atom stereocenters. The highest BCUT2D eigenvalue weighted by Crippen LogP contribution is 2.31. The number of halogens is 3. The van der Waals surface area contributed by atoms with Gasteiger partial charge in [-0.2, -0.15) is 21.6 Å². The Morgan fingerprint density at radius 3 is 2.32 bits per heavy atom. The maximum absolute atomic E-state index is 12.6. The number of rotatable bonds is 4. The Bertz CT molecular complexity index is 829. The van der Waals surface area contributed by atoms with E-state index >= 15 is 0 Å². The van der Waals surface area contributed by atoms with Crippen molar-refractivity contribution in [3.63, 3.8) is 0 Å². The van der Waals surface area contributed by atoms with Gasteiger partial charge in [-0.3, -0.25) is 0 Å². The highest BCUT2D eigenvalue weighted by Gasteiger charge is 2.49. The van der Waals surface area contributed by atoms with Gasteiger partial charge in [-0.05, 0) is 38.8 Å². The number of ether oxygens (including phenoxy) is 1. The zero-order valence-electron chi connectivity index (χ0n) is 15.7. The largest absolute Gasteiger partial charge is 0.534 e. The van der Waals surface area contributed by atoms with Gasteiger partial charge >= 0.3 is 21.7 Å². The fraction of sp³-hybridized carbons (Fsp3) is 0.500. The first-order valence-corrected chi connectivity index (χ1v) is 9.93. The van der Waals surface area contributed by atoms with Crippen LogP contribution in [0.1, 0.15) is 32.8 Å². The average Bonchev–Trinajstić information content (AvgIpc) is 2.53. The summed E-state index contributed by atoms with van der Waals surface area (Å²) >= 11 is 0. The fourth-order valence-electron chi connectivity index (χ4n) is 2.64. The number of benzene rings is 1. The van der Waals surface area contributed by atoms with E-state index in [2.05, 4.69) is 4.18 Å². The summed E-state index contributed by atoms with van der Waals surface area (Å²) in [7, 11) is -5.76. The highest BCUT2D eigenvalue weighted by atomic mass is 32.2. The van der Waals surface area contributed by atoms with E-state index in [0.29, 0.717) is 6.42 Å². The first-order valence-electron chi connectivity index (χ1n) is 8.52. The minimum atomic E-state index is -5.76. The van der Waals surface area contributed by atoms with Crippen LogP contribution in [-0.2, 0) is 25.5 Å². The van der Waals surface area contributed by atoms with Gasteiger partial charge in [0.1, 0.15) is 11.4 Å². The van der Waals surface area contributed by atoms with Crippen LogP contribution in [-0.4, -0.2) is 43.1 Å². The van der Waals surface area contributed by atoms with Crippen molar-refractivity contribution in [3.05, 3.63) is 47.7 Å². The quantitative estimate of drug-likeness (QED) is 0.543. The van der Waals surface area contributed by atoms with E-state index in [9.17, 15) is 26.4 Å².